The van der Waals surface area contributed by atoms with Crippen LogP contribution in [0.15, 0.2) is 12.1 Å². The van der Waals surface area contributed by atoms with Crippen LogP contribution in [0.3, 0.4) is 0 Å². The number of hydrogen-bond donors (Lipinski definition) is 2. The van der Waals surface area contributed by atoms with E-state index in [1.165, 1.54) is 7.11 Å². The van der Waals surface area contributed by atoms with Gasteiger partial charge in [-0.1, -0.05) is 6.92 Å². The summed E-state index contributed by atoms with van der Waals surface area (Å²) in [6.45, 7) is 2.09. The normalized spacial score (nSPS) is 11.9. The summed E-state index contributed by atoms with van der Waals surface area (Å²) in [4.78, 5) is 15.6. The van der Waals surface area contributed by atoms with E-state index < -0.39 is 5.97 Å². The number of pyridine rings is 1. The number of nitrogen functional groups attached to an aromatic ring is 1. The lowest BCUT2D eigenvalue weighted by Gasteiger charge is -2.18. The first kappa shape index (κ1) is 14.6. The molecule has 1 rings (SSSR count). The van der Waals surface area contributed by atoms with E-state index in [1.54, 1.807) is 23.9 Å². The molecule has 0 saturated heterocycles. The number of rotatable bonds is 6. The maximum Gasteiger partial charge on any atom is 0.356 e. The third-order valence-corrected chi connectivity index (χ3v) is 3.26. The lowest BCUT2D eigenvalue weighted by Crippen LogP contribution is -2.23. The Morgan fingerprint density at radius 3 is 2.89 bits per heavy atom. The molecular formula is C12H19N3O2S. The van der Waals surface area contributed by atoms with Crippen molar-refractivity contribution in [1.29, 1.82) is 0 Å². The predicted molar refractivity (Wildman–Crippen MR) is 76.1 cm³/mol. The standard InChI is InChI=1S/C12H19N3O2S/c1-4-8(7-18-3)14-11-9(13)5-6-10(15-11)12(16)17-2/h5-6,8H,4,7,13H2,1-3H3,(H,14,15). The molecule has 0 spiro atoms. The average molecular weight is 269 g/mol. The summed E-state index contributed by atoms with van der Waals surface area (Å²) in [5.41, 5.74) is 6.63. The molecule has 0 aliphatic rings. The van der Waals surface area contributed by atoms with E-state index in [1.807, 2.05) is 6.26 Å². The van der Waals surface area contributed by atoms with Crippen LogP contribution in [0.2, 0.25) is 0 Å². The highest BCUT2D eigenvalue weighted by Crippen LogP contribution is 2.19. The summed E-state index contributed by atoms with van der Waals surface area (Å²) in [6, 6.07) is 3.50. The Balaban J connectivity index is 2.89. The number of aromatic nitrogens is 1. The van der Waals surface area contributed by atoms with Crippen molar-refractivity contribution in [2.24, 2.45) is 0 Å². The first-order valence-corrected chi connectivity index (χ1v) is 7.12. The van der Waals surface area contributed by atoms with Gasteiger partial charge in [-0.3, -0.25) is 0 Å². The highest BCUT2D eigenvalue weighted by atomic mass is 32.2. The molecule has 1 atom stereocenters. The summed E-state index contributed by atoms with van der Waals surface area (Å²) in [5, 5.41) is 3.25. The lowest BCUT2D eigenvalue weighted by atomic mass is 10.2. The van der Waals surface area contributed by atoms with Crippen molar-refractivity contribution in [3.8, 4) is 0 Å². The molecule has 3 N–H and O–H groups in total. The number of carbonyl (C=O) groups excluding carboxylic acids is 1. The van der Waals surface area contributed by atoms with E-state index in [4.69, 9.17) is 5.73 Å². The Morgan fingerprint density at radius 1 is 1.61 bits per heavy atom. The van der Waals surface area contributed by atoms with Gasteiger partial charge in [-0.2, -0.15) is 11.8 Å². The Morgan fingerprint density at radius 2 is 2.33 bits per heavy atom. The molecule has 0 fully saturated rings. The zero-order chi connectivity index (χ0) is 13.5. The van der Waals surface area contributed by atoms with Crippen molar-refractivity contribution in [1.82, 2.24) is 4.98 Å². The number of thioether (sulfide) groups is 1. The van der Waals surface area contributed by atoms with Crippen molar-refractivity contribution in [2.45, 2.75) is 19.4 Å². The third kappa shape index (κ3) is 3.80. The largest absolute Gasteiger partial charge is 0.464 e. The number of nitrogens with one attached hydrogen (secondary N) is 1. The summed E-state index contributed by atoms with van der Waals surface area (Å²) in [6.07, 6.45) is 3.01. The van der Waals surface area contributed by atoms with Gasteiger partial charge in [-0.15, -0.1) is 0 Å². The van der Waals surface area contributed by atoms with Gasteiger partial charge in [0.1, 0.15) is 5.82 Å². The molecule has 5 nitrogen and oxygen atoms in total. The number of carbonyl (C=O) groups is 1. The first-order chi connectivity index (χ1) is 8.62. The molecule has 0 aliphatic carbocycles. The Kier molecular flexibility index (Phi) is 5.77. The van der Waals surface area contributed by atoms with Gasteiger partial charge in [-0.05, 0) is 24.8 Å². The molecule has 0 amide bonds. The number of nitrogens with two attached hydrogens (primary N) is 1. The fourth-order valence-corrected chi connectivity index (χ4v) is 2.18. The minimum atomic E-state index is -0.462. The molecule has 1 aromatic rings. The molecule has 0 radical (unpaired) electrons. The summed E-state index contributed by atoms with van der Waals surface area (Å²) < 4.78 is 4.64. The number of methoxy groups -OCH3 is 1. The lowest BCUT2D eigenvalue weighted by molar-refractivity contribution is 0.0594. The van der Waals surface area contributed by atoms with Crippen LogP contribution in [-0.2, 0) is 4.74 Å². The molecule has 1 aromatic heterocycles. The highest BCUT2D eigenvalue weighted by Gasteiger charge is 2.13. The number of hydrogen-bond acceptors (Lipinski definition) is 6. The number of esters is 1. The van der Waals surface area contributed by atoms with Gasteiger partial charge >= 0.3 is 5.97 Å². The topological polar surface area (TPSA) is 77.2 Å². The summed E-state index contributed by atoms with van der Waals surface area (Å²) in [5.74, 6) is 1.04. The van der Waals surface area contributed by atoms with E-state index in [2.05, 4.69) is 22.0 Å². The fourth-order valence-electron chi connectivity index (χ4n) is 1.46. The smallest absolute Gasteiger partial charge is 0.356 e. The molecule has 1 heterocycles. The molecule has 18 heavy (non-hydrogen) atoms. The second-order valence-electron chi connectivity index (χ2n) is 3.83. The first-order valence-electron chi connectivity index (χ1n) is 5.72. The maximum atomic E-state index is 11.4. The van der Waals surface area contributed by atoms with E-state index in [0.717, 1.165) is 12.2 Å². The molecule has 0 saturated carbocycles. The third-order valence-electron chi connectivity index (χ3n) is 2.52. The molecule has 1 unspecified atom stereocenters. The van der Waals surface area contributed by atoms with Crippen LogP contribution in [0.1, 0.15) is 23.8 Å². The van der Waals surface area contributed by atoms with Gasteiger partial charge in [0.25, 0.3) is 0 Å². The van der Waals surface area contributed by atoms with Crippen molar-refractivity contribution in [3.05, 3.63) is 17.8 Å². The SMILES string of the molecule is CCC(CSC)Nc1nc(C(=O)OC)ccc1N. The van der Waals surface area contributed by atoms with Crippen LogP contribution in [0.5, 0.6) is 0 Å². The van der Waals surface area contributed by atoms with Gasteiger partial charge in [-0.25, -0.2) is 9.78 Å². The second kappa shape index (κ2) is 7.10. The molecule has 100 valence electrons. The Labute approximate surface area is 111 Å². The molecular weight excluding hydrogens is 250 g/mol. The monoisotopic (exact) mass is 269 g/mol. The van der Waals surface area contributed by atoms with Crippen molar-refractivity contribution >= 4 is 29.2 Å². The van der Waals surface area contributed by atoms with Gasteiger partial charge < -0.3 is 15.8 Å². The average Bonchev–Trinajstić information content (AvgIpc) is 2.39. The van der Waals surface area contributed by atoms with E-state index >= 15 is 0 Å². The maximum absolute atomic E-state index is 11.4. The van der Waals surface area contributed by atoms with Gasteiger partial charge in [0.05, 0.1) is 12.8 Å². The summed E-state index contributed by atoms with van der Waals surface area (Å²) >= 11 is 1.75. The van der Waals surface area contributed by atoms with Crippen LogP contribution >= 0.6 is 11.8 Å². The zero-order valence-corrected chi connectivity index (χ0v) is 11.7. The molecule has 0 bridgehead atoms. The molecule has 0 aliphatic heterocycles. The summed E-state index contributed by atoms with van der Waals surface area (Å²) in [7, 11) is 1.33. The van der Waals surface area contributed by atoms with E-state index in [-0.39, 0.29) is 11.7 Å². The minimum Gasteiger partial charge on any atom is -0.464 e. The molecule has 0 aromatic carbocycles. The van der Waals surface area contributed by atoms with Crippen molar-refractivity contribution in [3.63, 3.8) is 0 Å². The zero-order valence-electron chi connectivity index (χ0n) is 10.9. The fraction of sp³-hybridized carbons (Fsp3) is 0.500. The Bertz CT molecular complexity index is 412. The van der Waals surface area contributed by atoms with Crippen LogP contribution in [0.25, 0.3) is 0 Å². The van der Waals surface area contributed by atoms with E-state index in [0.29, 0.717) is 11.5 Å². The highest BCUT2D eigenvalue weighted by molar-refractivity contribution is 7.98. The van der Waals surface area contributed by atoms with Crippen LogP contribution in [0.4, 0.5) is 11.5 Å². The number of ether oxygens (including phenoxy) is 1. The number of nitrogens with zero attached hydrogens (tertiary/aromatic N) is 1. The van der Waals surface area contributed by atoms with Gasteiger partial charge in [0, 0.05) is 11.8 Å². The van der Waals surface area contributed by atoms with Crippen LogP contribution < -0.4 is 11.1 Å². The van der Waals surface area contributed by atoms with Crippen molar-refractivity contribution < 1.29 is 9.53 Å². The van der Waals surface area contributed by atoms with E-state index in [9.17, 15) is 4.79 Å². The van der Waals surface area contributed by atoms with Crippen LogP contribution in [-0.4, -0.2) is 36.1 Å². The Hall–Kier alpha value is -1.43. The van der Waals surface area contributed by atoms with Crippen molar-refractivity contribution in [2.75, 3.05) is 30.2 Å². The molecule has 6 heteroatoms. The van der Waals surface area contributed by atoms with Gasteiger partial charge in [0.15, 0.2) is 5.69 Å². The van der Waals surface area contributed by atoms with Gasteiger partial charge in [0.2, 0.25) is 0 Å². The second-order valence-corrected chi connectivity index (χ2v) is 4.74. The van der Waals surface area contributed by atoms with Crippen LogP contribution in [0, 0.1) is 0 Å². The minimum absolute atomic E-state index is 0.258. The quantitative estimate of drug-likeness (QED) is 0.769. The number of anilines is 2. The predicted octanol–water partition coefficient (Wildman–Crippen LogP) is 2.00.